The zero-order chi connectivity index (χ0) is 14.8. The molecule has 0 aromatic heterocycles. The fourth-order valence-electron chi connectivity index (χ4n) is 2.69. The average Bonchev–Trinajstić information content (AvgIpc) is 2.38. The number of rotatable bonds is 6. The van der Waals surface area contributed by atoms with Crippen LogP contribution in [-0.2, 0) is 16.6 Å². The summed E-state index contributed by atoms with van der Waals surface area (Å²) >= 11 is 0. The number of hydrogen-bond donors (Lipinski definition) is 2. The molecule has 2 N–H and O–H groups in total. The van der Waals surface area contributed by atoms with Gasteiger partial charge in [-0.1, -0.05) is 25.5 Å². The van der Waals surface area contributed by atoms with Crippen molar-refractivity contribution in [2.75, 3.05) is 6.54 Å². The number of sulfonamides is 1. The van der Waals surface area contributed by atoms with Crippen molar-refractivity contribution >= 4 is 10.0 Å². The van der Waals surface area contributed by atoms with Crippen LogP contribution in [0.4, 0.5) is 0 Å². The molecule has 0 heterocycles. The van der Waals surface area contributed by atoms with Crippen molar-refractivity contribution in [3.05, 3.63) is 29.3 Å². The highest BCUT2D eigenvalue weighted by atomic mass is 32.2. The molecule has 1 aromatic carbocycles. The van der Waals surface area contributed by atoms with E-state index in [1.807, 2.05) is 0 Å². The normalized spacial score (nSPS) is 17.8. The van der Waals surface area contributed by atoms with Crippen molar-refractivity contribution in [1.82, 2.24) is 4.72 Å². The highest BCUT2D eigenvalue weighted by molar-refractivity contribution is 7.89. The number of nitrogens with one attached hydrogen (secondary N) is 1. The van der Waals surface area contributed by atoms with E-state index in [2.05, 4.69) is 11.6 Å². The van der Waals surface area contributed by atoms with Crippen LogP contribution < -0.4 is 4.72 Å². The molecule has 0 amide bonds. The van der Waals surface area contributed by atoms with Gasteiger partial charge in [-0.3, -0.25) is 0 Å². The summed E-state index contributed by atoms with van der Waals surface area (Å²) in [5.41, 5.74) is 1.47. The molecular weight excluding hydrogens is 274 g/mol. The summed E-state index contributed by atoms with van der Waals surface area (Å²) in [6.45, 7) is 4.25. The second-order valence-corrected chi connectivity index (χ2v) is 7.52. The van der Waals surface area contributed by atoms with Crippen LogP contribution in [0.5, 0.6) is 0 Å². The van der Waals surface area contributed by atoms with Gasteiger partial charge in [0.05, 0.1) is 11.5 Å². The molecule has 2 rings (SSSR count). The molecule has 5 heteroatoms. The number of benzene rings is 1. The molecule has 1 saturated carbocycles. The van der Waals surface area contributed by atoms with Crippen LogP contribution in [0.2, 0.25) is 0 Å². The molecule has 0 bridgehead atoms. The molecule has 1 aliphatic rings. The van der Waals surface area contributed by atoms with E-state index >= 15 is 0 Å². The monoisotopic (exact) mass is 297 g/mol. The Balaban J connectivity index is 2.18. The lowest BCUT2D eigenvalue weighted by Crippen LogP contribution is -2.41. The highest BCUT2D eigenvalue weighted by Gasteiger charge is 2.36. The largest absolute Gasteiger partial charge is 0.392 e. The van der Waals surface area contributed by atoms with Crippen molar-refractivity contribution in [2.45, 2.75) is 51.0 Å². The van der Waals surface area contributed by atoms with E-state index in [-0.39, 0.29) is 16.9 Å². The van der Waals surface area contributed by atoms with Gasteiger partial charge in [0.25, 0.3) is 0 Å². The molecule has 112 valence electrons. The van der Waals surface area contributed by atoms with Gasteiger partial charge in [0, 0.05) is 6.54 Å². The number of aryl methyl sites for hydroxylation is 1. The van der Waals surface area contributed by atoms with E-state index in [0.717, 1.165) is 19.3 Å². The third kappa shape index (κ3) is 3.05. The van der Waals surface area contributed by atoms with Gasteiger partial charge >= 0.3 is 0 Å². The Morgan fingerprint density at radius 1 is 1.35 bits per heavy atom. The van der Waals surface area contributed by atoms with Gasteiger partial charge in [-0.05, 0) is 48.8 Å². The first-order valence-electron chi connectivity index (χ1n) is 7.12. The van der Waals surface area contributed by atoms with Gasteiger partial charge in [-0.2, -0.15) is 0 Å². The Bertz CT molecular complexity index is 571. The third-order valence-corrected chi connectivity index (χ3v) is 6.07. The van der Waals surface area contributed by atoms with Crippen LogP contribution in [0, 0.1) is 12.3 Å². The highest BCUT2D eigenvalue weighted by Crippen LogP contribution is 2.43. The Morgan fingerprint density at radius 2 is 2.05 bits per heavy atom. The van der Waals surface area contributed by atoms with E-state index < -0.39 is 10.0 Å². The van der Waals surface area contributed by atoms with Gasteiger partial charge in [0.15, 0.2) is 0 Å². The summed E-state index contributed by atoms with van der Waals surface area (Å²) in [4.78, 5) is 0.273. The first kappa shape index (κ1) is 15.5. The quantitative estimate of drug-likeness (QED) is 0.847. The van der Waals surface area contributed by atoms with Crippen LogP contribution in [-0.4, -0.2) is 20.1 Å². The number of aliphatic hydroxyl groups is 1. The van der Waals surface area contributed by atoms with Crippen molar-refractivity contribution < 1.29 is 13.5 Å². The number of hydrogen-bond acceptors (Lipinski definition) is 3. The van der Waals surface area contributed by atoms with Gasteiger partial charge in [0.2, 0.25) is 10.0 Å². The van der Waals surface area contributed by atoms with E-state index in [0.29, 0.717) is 17.7 Å². The Labute approximate surface area is 121 Å². The Hall–Kier alpha value is -0.910. The lowest BCUT2D eigenvalue weighted by molar-refractivity contribution is 0.133. The summed E-state index contributed by atoms with van der Waals surface area (Å²) < 4.78 is 27.6. The molecule has 0 saturated heterocycles. The number of aliphatic hydroxyl groups excluding tert-OH is 1. The smallest absolute Gasteiger partial charge is 0.240 e. The topological polar surface area (TPSA) is 66.4 Å². The van der Waals surface area contributed by atoms with Crippen molar-refractivity contribution in [1.29, 1.82) is 0 Å². The van der Waals surface area contributed by atoms with Gasteiger partial charge in [-0.25, -0.2) is 13.1 Å². The molecule has 1 aromatic rings. The maximum Gasteiger partial charge on any atom is 0.240 e. The van der Waals surface area contributed by atoms with Gasteiger partial charge in [0.1, 0.15) is 0 Å². The second kappa shape index (κ2) is 5.84. The van der Waals surface area contributed by atoms with Crippen LogP contribution in [0.3, 0.4) is 0 Å². The Morgan fingerprint density at radius 3 is 2.55 bits per heavy atom. The SMILES string of the molecule is CCC1(CNS(=O)(=O)c2cc(CO)ccc2C)CCC1. The molecule has 0 radical (unpaired) electrons. The molecule has 4 nitrogen and oxygen atoms in total. The van der Waals surface area contributed by atoms with Crippen LogP contribution >= 0.6 is 0 Å². The lowest BCUT2D eigenvalue weighted by atomic mass is 9.67. The molecule has 0 unspecified atom stereocenters. The summed E-state index contributed by atoms with van der Waals surface area (Å²) in [7, 11) is -3.50. The molecule has 1 fully saturated rings. The molecule has 0 spiro atoms. The zero-order valence-electron chi connectivity index (χ0n) is 12.1. The maximum absolute atomic E-state index is 12.4. The summed E-state index contributed by atoms with van der Waals surface area (Å²) in [6.07, 6.45) is 4.39. The third-order valence-electron chi connectivity index (χ3n) is 4.53. The van der Waals surface area contributed by atoms with E-state index in [1.165, 1.54) is 6.42 Å². The molecule has 1 aliphatic carbocycles. The minimum Gasteiger partial charge on any atom is -0.392 e. The van der Waals surface area contributed by atoms with E-state index in [1.54, 1.807) is 25.1 Å². The first-order valence-corrected chi connectivity index (χ1v) is 8.61. The van der Waals surface area contributed by atoms with E-state index in [9.17, 15) is 8.42 Å². The average molecular weight is 297 g/mol. The van der Waals surface area contributed by atoms with Crippen LogP contribution in [0.25, 0.3) is 0 Å². The fraction of sp³-hybridized carbons (Fsp3) is 0.600. The van der Waals surface area contributed by atoms with Gasteiger partial charge in [-0.15, -0.1) is 0 Å². The Kier molecular flexibility index (Phi) is 4.52. The van der Waals surface area contributed by atoms with Crippen LogP contribution in [0.1, 0.15) is 43.7 Å². The summed E-state index contributed by atoms with van der Waals surface area (Å²) in [6, 6.07) is 5.03. The maximum atomic E-state index is 12.4. The summed E-state index contributed by atoms with van der Waals surface area (Å²) in [5.74, 6) is 0. The molecule has 20 heavy (non-hydrogen) atoms. The van der Waals surface area contributed by atoms with Crippen molar-refractivity contribution in [2.24, 2.45) is 5.41 Å². The minimum absolute atomic E-state index is 0.148. The predicted molar refractivity (Wildman–Crippen MR) is 78.9 cm³/mol. The molecular formula is C15H23NO3S. The lowest BCUT2D eigenvalue weighted by Gasteiger charge is -2.41. The first-order chi connectivity index (χ1) is 9.42. The van der Waals surface area contributed by atoms with Crippen LogP contribution in [0.15, 0.2) is 23.1 Å². The predicted octanol–water partition coefficient (Wildman–Crippen LogP) is 2.35. The second-order valence-electron chi connectivity index (χ2n) is 5.79. The standard InChI is InChI=1S/C15H23NO3S/c1-3-15(7-4-8-15)11-16-20(18,19)14-9-13(10-17)6-5-12(14)2/h5-6,9,16-17H,3-4,7-8,10-11H2,1-2H3. The van der Waals surface area contributed by atoms with Gasteiger partial charge < -0.3 is 5.11 Å². The fourth-order valence-corrected chi connectivity index (χ4v) is 4.14. The summed E-state index contributed by atoms with van der Waals surface area (Å²) in [5, 5.41) is 9.15. The van der Waals surface area contributed by atoms with Crippen molar-refractivity contribution in [3.63, 3.8) is 0 Å². The zero-order valence-corrected chi connectivity index (χ0v) is 13.0. The van der Waals surface area contributed by atoms with E-state index in [4.69, 9.17) is 5.11 Å². The van der Waals surface area contributed by atoms with Crippen molar-refractivity contribution in [3.8, 4) is 0 Å². The molecule has 0 aliphatic heterocycles. The molecule has 0 atom stereocenters. The minimum atomic E-state index is -3.50.